The second kappa shape index (κ2) is 10.6. The van der Waals surface area contributed by atoms with Gasteiger partial charge in [-0.2, -0.15) is 0 Å². The average Bonchev–Trinajstić information content (AvgIpc) is 2.92. The molecular formula is C30H26F2N4O3. The maximum atomic E-state index is 14.0. The first-order valence-electron chi connectivity index (χ1n) is 12.6. The van der Waals surface area contributed by atoms with Crippen molar-refractivity contribution in [2.45, 2.75) is 31.7 Å². The molecule has 1 saturated carbocycles. The number of carbonyl (C=O) groups is 3. The van der Waals surface area contributed by atoms with Crippen LogP contribution in [-0.2, 0) is 10.3 Å². The van der Waals surface area contributed by atoms with Gasteiger partial charge < -0.3 is 16.0 Å². The molecule has 4 aromatic rings. The van der Waals surface area contributed by atoms with Gasteiger partial charge in [0, 0.05) is 22.8 Å². The highest BCUT2D eigenvalue weighted by Gasteiger charge is 2.40. The SMILES string of the molecule is Cc1ccc(C(=O)NCC(=O)Nc2ccc(C3(NC(=O)c4cnc5c(F)c(F)ccc5c4)CCC3)cc2)cc1. The van der Waals surface area contributed by atoms with E-state index in [1.807, 2.05) is 31.2 Å². The van der Waals surface area contributed by atoms with Gasteiger partial charge in [0.25, 0.3) is 11.8 Å². The van der Waals surface area contributed by atoms with Gasteiger partial charge in [0.1, 0.15) is 5.52 Å². The summed E-state index contributed by atoms with van der Waals surface area (Å²) in [5.41, 5.74) is 2.50. The van der Waals surface area contributed by atoms with Crippen LogP contribution < -0.4 is 16.0 Å². The highest BCUT2D eigenvalue weighted by atomic mass is 19.2. The van der Waals surface area contributed by atoms with Crippen LogP contribution in [0.5, 0.6) is 0 Å². The number of nitrogens with zero attached hydrogens (tertiary/aromatic N) is 1. The molecule has 198 valence electrons. The van der Waals surface area contributed by atoms with E-state index in [0.29, 0.717) is 16.6 Å². The molecule has 0 unspecified atom stereocenters. The van der Waals surface area contributed by atoms with Crippen LogP contribution in [0.2, 0.25) is 0 Å². The number of anilines is 1. The Labute approximate surface area is 223 Å². The second-order valence-electron chi connectivity index (χ2n) is 9.72. The molecule has 1 aliphatic carbocycles. The molecule has 3 N–H and O–H groups in total. The van der Waals surface area contributed by atoms with Crippen molar-refractivity contribution in [1.29, 1.82) is 0 Å². The summed E-state index contributed by atoms with van der Waals surface area (Å²) in [5, 5.41) is 8.78. The number of fused-ring (bicyclic) bond motifs is 1. The van der Waals surface area contributed by atoms with E-state index in [1.165, 1.54) is 18.3 Å². The summed E-state index contributed by atoms with van der Waals surface area (Å²) in [6.45, 7) is 1.75. The molecule has 1 heterocycles. The molecule has 3 amide bonds. The fourth-order valence-corrected chi connectivity index (χ4v) is 4.62. The van der Waals surface area contributed by atoms with Crippen molar-refractivity contribution in [2.24, 2.45) is 0 Å². The fourth-order valence-electron chi connectivity index (χ4n) is 4.62. The first-order valence-corrected chi connectivity index (χ1v) is 12.6. The molecule has 0 atom stereocenters. The lowest BCUT2D eigenvalue weighted by Crippen LogP contribution is -2.50. The van der Waals surface area contributed by atoms with Crippen LogP contribution in [0.4, 0.5) is 14.5 Å². The minimum Gasteiger partial charge on any atom is -0.343 e. The number of nitrogens with one attached hydrogen (secondary N) is 3. The fraction of sp³-hybridized carbons (Fsp3) is 0.200. The van der Waals surface area contributed by atoms with Gasteiger partial charge in [-0.1, -0.05) is 29.8 Å². The number of benzene rings is 3. The van der Waals surface area contributed by atoms with Crippen molar-refractivity contribution in [3.05, 3.63) is 107 Å². The zero-order valence-electron chi connectivity index (χ0n) is 21.2. The maximum Gasteiger partial charge on any atom is 0.253 e. The monoisotopic (exact) mass is 528 g/mol. The molecule has 0 spiro atoms. The van der Waals surface area contributed by atoms with E-state index >= 15 is 0 Å². The predicted octanol–water partition coefficient (Wildman–Crippen LogP) is 5.00. The van der Waals surface area contributed by atoms with E-state index in [-0.39, 0.29) is 35.3 Å². The maximum absolute atomic E-state index is 14.0. The lowest BCUT2D eigenvalue weighted by molar-refractivity contribution is -0.115. The Morgan fingerprint density at radius 2 is 1.62 bits per heavy atom. The normalized spacial score (nSPS) is 13.8. The predicted molar refractivity (Wildman–Crippen MR) is 143 cm³/mol. The molecule has 0 bridgehead atoms. The Kier molecular flexibility index (Phi) is 7.06. The number of hydrogen-bond acceptors (Lipinski definition) is 4. The minimum atomic E-state index is -1.05. The van der Waals surface area contributed by atoms with Gasteiger partial charge in [-0.25, -0.2) is 8.78 Å². The summed E-state index contributed by atoms with van der Waals surface area (Å²) in [4.78, 5) is 41.6. The molecular weight excluding hydrogens is 502 g/mol. The van der Waals surface area contributed by atoms with Crippen LogP contribution in [-0.4, -0.2) is 29.3 Å². The smallest absolute Gasteiger partial charge is 0.253 e. The Balaban J connectivity index is 1.21. The van der Waals surface area contributed by atoms with Crippen LogP contribution in [0, 0.1) is 18.6 Å². The molecule has 1 aliphatic rings. The van der Waals surface area contributed by atoms with Crippen LogP contribution in [0.3, 0.4) is 0 Å². The van der Waals surface area contributed by atoms with Crippen molar-refractivity contribution in [3.63, 3.8) is 0 Å². The molecule has 39 heavy (non-hydrogen) atoms. The highest BCUT2D eigenvalue weighted by Crippen LogP contribution is 2.42. The van der Waals surface area contributed by atoms with Crippen LogP contribution >= 0.6 is 0 Å². The van der Waals surface area contributed by atoms with E-state index in [2.05, 4.69) is 20.9 Å². The zero-order valence-corrected chi connectivity index (χ0v) is 21.2. The van der Waals surface area contributed by atoms with Crippen molar-refractivity contribution >= 4 is 34.3 Å². The Morgan fingerprint density at radius 1 is 0.897 bits per heavy atom. The molecule has 1 aromatic heterocycles. The third kappa shape index (κ3) is 5.47. The van der Waals surface area contributed by atoms with E-state index in [9.17, 15) is 23.2 Å². The number of carbonyl (C=O) groups excluding carboxylic acids is 3. The number of halogens is 2. The molecule has 3 aromatic carbocycles. The number of rotatable bonds is 7. The lowest BCUT2D eigenvalue weighted by atomic mass is 9.71. The first kappa shape index (κ1) is 26.0. The van der Waals surface area contributed by atoms with E-state index in [0.717, 1.165) is 36.5 Å². The standard InChI is InChI=1S/C30H26F2N4O3/c1-18-3-5-19(6-4-18)28(38)34-17-25(37)35-23-10-8-22(9-11-23)30(13-2-14-30)36-29(39)21-15-20-7-12-24(31)26(32)27(20)33-16-21/h3-12,15-16H,2,13-14,17H2,1H3,(H,34,38)(H,35,37)(H,36,39). The molecule has 0 aliphatic heterocycles. The van der Waals surface area contributed by atoms with Gasteiger partial charge in [0.2, 0.25) is 5.91 Å². The van der Waals surface area contributed by atoms with Crippen LogP contribution in [0.15, 0.2) is 72.9 Å². The second-order valence-corrected chi connectivity index (χ2v) is 9.72. The zero-order chi connectivity index (χ0) is 27.6. The summed E-state index contributed by atoms with van der Waals surface area (Å²) >= 11 is 0. The van der Waals surface area contributed by atoms with Crippen LogP contribution in [0.1, 0.15) is 51.1 Å². The van der Waals surface area contributed by atoms with Gasteiger partial charge in [-0.3, -0.25) is 19.4 Å². The summed E-state index contributed by atoms with van der Waals surface area (Å²) in [6.07, 6.45) is 3.63. The van der Waals surface area contributed by atoms with Gasteiger partial charge in [0.15, 0.2) is 11.6 Å². The third-order valence-electron chi connectivity index (χ3n) is 7.01. The topological polar surface area (TPSA) is 100 Å². The van der Waals surface area contributed by atoms with Crippen molar-refractivity contribution in [1.82, 2.24) is 15.6 Å². The van der Waals surface area contributed by atoms with Gasteiger partial charge >= 0.3 is 0 Å². The molecule has 7 nitrogen and oxygen atoms in total. The summed E-state index contributed by atoms with van der Waals surface area (Å²) < 4.78 is 27.5. The Morgan fingerprint density at radius 3 is 2.28 bits per heavy atom. The molecule has 9 heteroatoms. The van der Waals surface area contributed by atoms with Gasteiger partial charge in [0.05, 0.1) is 17.6 Å². The molecule has 5 rings (SSSR count). The number of pyridine rings is 1. The molecule has 1 fully saturated rings. The average molecular weight is 529 g/mol. The van der Waals surface area contributed by atoms with Crippen molar-refractivity contribution in [3.8, 4) is 0 Å². The van der Waals surface area contributed by atoms with Crippen molar-refractivity contribution < 1.29 is 23.2 Å². The number of aryl methyl sites for hydroxylation is 1. The first-order chi connectivity index (χ1) is 18.7. The van der Waals surface area contributed by atoms with E-state index in [4.69, 9.17) is 0 Å². The van der Waals surface area contributed by atoms with E-state index < -0.39 is 17.2 Å². The number of amides is 3. The summed E-state index contributed by atoms with van der Waals surface area (Å²) in [5.74, 6) is -3.10. The van der Waals surface area contributed by atoms with Crippen LogP contribution in [0.25, 0.3) is 10.9 Å². The number of hydrogen-bond donors (Lipinski definition) is 3. The number of aromatic nitrogens is 1. The van der Waals surface area contributed by atoms with Gasteiger partial charge in [-0.15, -0.1) is 0 Å². The Hall–Kier alpha value is -4.66. The largest absolute Gasteiger partial charge is 0.343 e. The summed E-state index contributed by atoms with van der Waals surface area (Å²) in [6, 6.07) is 18.1. The minimum absolute atomic E-state index is 0.128. The third-order valence-corrected chi connectivity index (χ3v) is 7.01. The van der Waals surface area contributed by atoms with Crippen molar-refractivity contribution in [2.75, 3.05) is 11.9 Å². The quantitative estimate of drug-likeness (QED) is 0.314. The van der Waals surface area contributed by atoms with E-state index in [1.54, 1.807) is 24.3 Å². The van der Waals surface area contributed by atoms with Gasteiger partial charge in [-0.05, 0) is 74.2 Å². The lowest BCUT2D eigenvalue weighted by Gasteiger charge is -2.43. The molecule has 0 saturated heterocycles. The highest BCUT2D eigenvalue weighted by molar-refractivity contribution is 5.99. The Bertz CT molecular complexity index is 1570. The summed E-state index contributed by atoms with van der Waals surface area (Å²) in [7, 11) is 0. The molecule has 0 radical (unpaired) electrons.